The Balaban J connectivity index is 1.51. The van der Waals surface area contributed by atoms with Crippen LogP contribution in [0.15, 0.2) is 60.7 Å². The molecule has 4 rings (SSSR count). The van der Waals surface area contributed by atoms with Gasteiger partial charge in [-0.15, -0.1) is 0 Å². The quantitative estimate of drug-likeness (QED) is 0.749. The Hall–Kier alpha value is -3.15. The maximum absolute atomic E-state index is 13.1. The van der Waals surface area contributed by atoms with Crippen molar-refractivity contribution in [2.75, 3.05) is 6.54 Å². The Labute approximate surface area is 176 Å². The maximum atomic E-state index is 13.1. The van der Waals surface area contributed by atoms with E-state index >= 15 is 0 Å². The van der Waals surface area contributed by atoms with Crippen LogP contribution in [0.2, 0.25) is 0 Å². The van der Waals surface area contributed by atoms with Gasteiger partial charge in [-0.05, 0) is 29.9 Å². The second-order valence-electron chi connectivity index (χ2n) is 8.26. The smallest absolute Gasteiger partial charge is 0.325 e. The molecule has 0 bridgehead atoms. The first-order valence-electron chi connectivity index (χ1n) is 10.5. The van der Waals surface area contributed by atoms with Crippen molar-refractivity contribution in [3.05, 3.63) is 71.8 Å². The molecule has 6 heteroatoms. The minimum absolute atomic E-state index is 0.0668. The third kappa shape index (κ3) is 3.70. The van der Waals surface area contributed by atoms with Crippen LogP contribution in [-0.2, 0) is 9.59 Å². The van der Waals surface area contributed by atoms with Crippen LogP contribution in [0.1, 0.15) is 49.8 Å². The fourth-order valence-corrected chi connectivity index (χ4v) is 4.64. The standard InChI is InChI=1S/C24H27N3O3/c1-17-10-8-9-15-24(17)22(29)27(23(30)26-24)16-20(28)25-21(18-11-4-2-5-12-18)19-13-6-3-7-14-19/h2-7,11-14,17,21H,8-10,15-16H2,1H3,(H,25,28)(H,26,30). The van der Waals surface area contributed by atoms with Gasteiger partial charge in [0.25, 0.3) is 5.91 Å². The molecule has 2 N–H and O–H groups in total. The largest absolute Gasteiger partial charge is 0.344 e. The number of carbonyl (C=O) groups excluding carboxylic acids is 3. The van der Waals surface area contributed by atoms with Crippen molar-refractivity contribution in [1.82, 2.24) is 15.5 Å². The molecule has 1 saturated carbocycles. The van der Waals surface area contributed by atoms with Crippen molar-refractivity contribution in [2.24, 2.45) is 5.92 Å². The monoisotopic (exact) mass is 405 g/mol. The van der Waals surface area contributed by atoms with E-state index in [1.165, 1.54) is 0 Å². The molecule has 156 valence electrons. The van der Waals surface area contributed by atoms with Crippen molar-refractivity contribution in [3.8, 4) is 0 Å². The molecule has 1 spiro atoms. The lowest BCUT2D eigenvalue weighted by Crippen LogP contribution is -2.54. The van der Waals surface area contributed by atoms with E-state index in [4.69, 9.17) is 0 Å². The van der Waals surface area contributed by atoms with Gasteiger partial charge in [0.1, 0.15) is 12.1 Å². The molecule has 30 heavy (non-hydrogen) atoms. The third-order valence-electron chi connectivity index (χ3n) is 6.37. The second-order valence-corrected chi connectivity index (χ2v) is 8.26. The van der Waals surface area contributed by atoms with Gasteiger partial charge < -0.3 is 10.6 Å². The average molecular weight is 405 g/mol. The van der Waals surface area contributed by atoms with Crippen LogP contribution in [0, 0.1) is 5.92 Å². The fourth-order valence-electron chi connectivity index (χ4n) is 4.64. The van der Waals surface area contributed by atoms with Crippen LogP contribution in [0.3, 0.4) is 0 Å². The summed E-state index contributed by atoms with van der Waals surface area (Å²) in [6.07, 6.45) is 3.49. The van der Waals surface area contributed by atoms with Gasteiger partial charge >= 0.3 is 6.03 Å². The maximum Gasteiger partial charge on any atom is 0.325 e. The summed E-state index contributed by atoms with van der Waals surface area (Å²) in [6, 6.07) is 18.5. The number of carbonyl (C=O) groups is 3. The number of nitrogens with one attached hydrogen (secondary N) is 2. The number of benzene rings is 2. The average Bonchev–Trinajstić information content (AvgIpc) is 3.00. The van der Waals surface area contributed by atoms with Crippen LogP contribution in [0.4, 0.5) is 4.79 Å². The van der Waals surface area contributed by atoms with Crippen molar-refractivity contribution in [2.45, 2.75) is 44.2 Å². The number of imide groups is 1. The molecule has 4 amide bonds. The van der Waals surface area contributed by atoms with Gasteiger partial charge in [0, 0.05) is 0 Å². The first-order valence-corrected chi connectivity index (χ1v) is 10.5. The Morgan fingerprint density at radius 2 is 1.67 bits per heavy atom. The number of urea groups is 1. The Morgan fingerprint density at radius 1 is 1.07 bits per heavy atom. The fraction of sp³-hybridized carbons (Fsp3) is 0.375. The van der Waals surface area contributed by atoms with Crippen LogP contribution in [0.5, 0.6) is 0 Å². The molecule has 1 aliphatic heterocycles. The van der Waals surface area contributed by atoms with Crippen LogP contribution in [-0.4, -0.2) is 34.8 Å². The summed E-state index contributed by atoms with van der Waals surface area (Å²) in [4.78, 5) is 39.7. The van der Waals surface area contributed by atoms with Crippen LogP contribution < -0.4 is 10.6 Å². The van der Waals surface area contributed by atoms with Gasteiger partial charge in [0.15, 0.2) is 0 Å². The summed E-state index contributed by atoms with van der Waals surface area (Å²) in [7, 11) is 0. The minimum atomic E-state index is -0.853. The zero-order valence-corrected chi connectivity index (χ0v) is 17.1. The highest BCUT2D eigenvalue weighted by Gasteiger charge is 2.55. The second kappa shape index (κ2) is 8.30. The third-order valence-corrected chi connectivity index (χ3v) is 6.37. The van der Waals surface area contributed by atoms with Gasteiger partial charge in [0.2, 0.25) is 5.91 Å². The molecule has 0 radical (unpaired) electrons. The van der Waals surface area contributed by atoms with E-state index in [1.807, 2.05) is 67.6 Å². The summed E-state index contributed by atoms with van der Waals surface area (Å²) in [5.41, 5.74) is 1.02. The lowest BCUT2D eigenvalue weighted by Gasteiger charge is -2.36. The van der Waals surface area contributed by atoms with Crippen LogP contribution in [0.25, 0.3) is 0 Å². The summed E-state index contributed by atoms with van der Waals surface area (Å²) in [5.74, 6) is -0.570. The first kappa shape index (κ1) is 20.1. The van der Waals surface area contributed by atoms with Gasteiger partial charge in [0.05, 0.1) is 6.04 Å². The Kier molecular flexibility index (Phi) is 5.57. The molecular formula is C24H27N3O3. The van der Waals surface area contributed by atoms with E-state index in [1.54, 1.807) is 0 Å². The minimum Gasteiger partial charge on any atom is -0.344 e. The summed E-state index contributed by atoms with van der Waals surface area (Å²) in [5, 5.41) is 5.91. The molecule has 2 aromatic carbocycles. The predicted molar refractivity (Wildman–Crippen MR) is 113 cm³/mol. The highest BCUT2D eigenvalue weighted by Crippen LogP contribution is 2.38. The zero-order valence-electron chi connectivity index (χ0n) is 17.1. The number of hydrogen-bond donors (Lipinski definition) is 2. The molecule has 2 fully saturated rings. The van der Waals surface area contributed by atoms with Gasteiger partial charge in [-0.2, -0.15) is 0 Å². The first-order chi connectivity index (χ1) is 14.5. The Morgan fingerprint density at radius 3 is 2.23 bits per heavy atom. The highest BCUT2D eigenvalue weighted by atomic mass is 16.2. The number of hydrogen-bond acceptors (Lipinski definition) is 3. The summed E-state index contributed by atoms with van der Waals surface area (Å²) in [6.45, 7) is 1.72. The SMILES string of the molecule is CC1CCCCC12NC(=O)N(CC(=O)NC(c1ccccc1)c1ccccc1)C2=O. The predicted octanol–water partition coefficient (Wildman–Crippen LogP) is 3.39. The molecule has 6 nitrogen and oxygen atoms in total. The Bertz CT molecular complexity index is 892. The molecule has 0 aromatic heterocycles. The van der Waals surface area contributed by atoms with E-state index in [-0.39, 0.29) is 30.3 Å². The summed E-state index contributed by atoms with van der Waals surface area (Å²) >= 11 is 0. The van der Waals surface area contributed by atoms with Crippen molar-refractivity contribution >= 4 is 17.8 Å². The molecule has 2 aliphatic rings. The van der Waals surface area contributed by atoms with Crippen molar-refractivity contribution < 1.29 is 14.4 Å². The molecule has 1 heterocycles. The van der Waals surface area contributed by atoms with E-state index in [2.05, 4.69) is 10.6 Å². The molecule has 1 aliphatic carbocycles. The van der Waals surface area contributed by atoms with Crippen molar-refractivity contribution in [3.63, 3.8) is 0 Å². The summed E-state index contributed by atoms with van der Waals surface area (Å²) < 4.78 is 0. The van der Waals surface area contributed by atoms with Gasteiger partial charge in [-0.1, -0.05) is 80.4 Å². The number of amides is 4. The molecular weight excluding hydrogens is 378 g/mol. The normalized spacial score (nSPS) is 23.7. The molecule has 2 atom stereocenters. The lowest BCUT2D eigenvalue weighted by molar-refractivity contribution is -0.137. The van der Waals surface area contributed by atoms with Gasteiger partial charge in [-0.25, -0.2) is 4.79 Å². The van der Waals surface area contributed by atoms with Gasteiger partial charge in [-0.3, -0.25) is 14.5 Å². The van der Waals surface area contributed by atoms with E-state index < -0.39 is 11.6 Å². The van der Waals surface area contributed by atoms with E-state index in [9.17, 15) is 14.4 Å². The topological polar surface area (TPSA) is 78.5 Å². The number of rotatable bonds is 5. The zero-order chi connectivity index (χ0) is 21.1. The highest BCUT2D eigenvalue weighted by molar-refractivity contribution is 6.09. The van der Waals surface area contributed by atoms with E-state index in [0.29, 0.717) is 6.42 Å². The van der Waals surface area contributed by atoms with Crippen LogP contribution >= 0.6 is 0 Å². The molecule has 2 unspecified atom stereocenters. The number of nitrogens with zero attached hydrogens (tertiary/aromatic N) is 1. The molecule has 2 aromatic rings. The van der Waals surface area contributed by atoms with E-state index in [0.717, 1.165) is 35.3 Å². The lowest BCUT2D eigenvalue weighted by atomic mass is 9.73. The van der Waals surface area contributed by atoms with Crippen molar-refractivity contribution in [1.29, 1.82) is 0 Å². The molecule has 1 saturated heterocycles.